The van der Waals surface area contributed by atoms with Crippen LogP contribution in [0.3, 0.4) is 0 Å². The number of aromatic nitrogens is 2. The zero-order valence-electron chi connectivity index (χ0n) is 9.90. The van der Waals surface area contributed by atoms with Gasteiger partial charge in [0.2, 0.25) is 0 Å². The van der Waals surface area contributed by atoms with Crippen LogP contribution in [0.5, 0.6) is 0 Å². The predicted molar refractivity (Wildman–Crippen MR) is 62.5 cm³/mol. The quantitative estimate of drug-likeness (QED) is 0.779. The average molecular weight is 207 g/mol. The van der Waals surface area contributed by atoms with Gasteiger partial charge in [-0.3, -0.25) is 0 Å². The van der Waals surface area contributed by atoms with E-state index >= 15 is 0 Å². The predicted octanol–water partition coefficient (Wildman–Crippen LogP) is 2.56. The Morgan fingerprint density at radius 1 is 1.13 bits per heavy atom. The second-order valence-electron chi connectivity index (χ2n) is 3.78. The van der Waals surface area contributed by atoms with Gasteiger partial charge in [-0.1, -0.05) is 33.6 Å². The van der Waals surface area contributed by atoms with Crippen LogP contribution in [0.25, 0.3) is 0 Å². The van der Waals surface area contributed by atoms with Gasteiger partial charge in [0.1, 0.15) is 6.33 Å². The Morgan fingerprint density at radius 2 is 1.73 bits per heavy atom. The second-order valence-corrected chi connectivity index (χ2v) is 3.78. The average Bonchev–Trinajstić information content (AvgIpc) is 2.30. The summed E-state index contributed by atoms with van der Waals surface area (Å²) < 4.78 is 0. The smallest absolute Gasteiger partial charge is 0.115 e. The van der Waals surface area contributed by atoms with Crippen LogP contribution in [0.1, 0.15) is 45.2 Å². The number of nitrogens with one attached hydrogen (secondary N) is 1. The molecule has 0 saturated heterocycles. The lowest BCUT2D eigenvalue weighted by molar-refractivity contribution is 0.345. The van der Waals surface area contributed by atoms with Crippen LogP contribution in [0.15, 0.2) is 18.7 Å². The molecule has 1 unspecified atom stereocenters. The molecule has 84 valence electrons. The summed E-state index contributed by atoms with van der Waals surface area (Å²) in [6.45, 7) is 7.60. The first kappa shape index (κ1) is 12.1. The summed E-state index contributed by atoms with van der Waals surface area (Å²) in [5, 5.41) is 3.52. The van der Waals surface area contributed by atoms with Gasteiger partial charge >= 0.3 is 0 Å². The summed E-state index contributed by atoms with van der Waals surface area (Å²) in [6.07, 6.45) is 7.78. The molecule has 0 aliphatic rings. The van der Waals surface area contributed by atoms with Crippen molar-refractivity contribution in [2.24, 2.45) is 5.92 Å². The highest BCUT2D eigenvalue weighted by Crippen LogP contribution is 2.26. The third-order valence-corrected chi connectivity index (χ3v) is 2.88. The molecule has 0 aliphatic heterocycles. The highest BCUT2D eigenvalue weighted by molar-refractivity contribution is 5.10. The minimum absolute atomic E-state index is 0.395. The minimum atomic E-state index is 0.395. The molecule has 0 bridgehead atoms. The Bertz CT molecular complexity index is 257. The molecule has 0 aromatic carbocycles. The normalized spacial score (nSPS) is 13.1. The SMILES string of the molecule is CCNC(c1cncnc1)C(CC)CC. The first-order valence-corrected chi connectivity index (χ1v) is 5.81. The molecule has 0 saturated carbocycles. The monoisotopic (exact) mass is 207 g/mol. The van der Waals surface area contributed by atoms with Crippen molar-refractivity contribution in [2.45, 2.75) is 39.7 Å². The lowest BCUT2D eigenvalue weighted by atomic mass is 9.90. The molecular formula is C12H21N3. The zero-order chi connectivity index (χ0) is 11.1. The van der Waals surface area contributed by atoms with Crippen molar-refractivity contribution in [2.75, 3.05) is 6.54 Å². The molecule has 1 heterocycles. The summed E-state index contributed by atoms with van der Waals surface area (Å²) in [7, 11) is 0. The van der Waals surface area contributed by atoms with Gasteiger partial charge in [-0.2, -0.15) is 0 Å². The van der Waals surface area contributed by atoms with E-state index in [2.05, 4.69) is 36.1 Å². The maximum atomic E-state index is 4.09. The highest BCUT2D eigenvalue weighted by atomic mass is 14.9. The largest absolute Gasteiger partial charge is 0.310 e. The van der Waals surface area contributed by atoms with Crippen molar-refractivity contribution >= 4 is 0 Å². The Kier molecular flexibility index (Phi) is 5.26. The van der Waals surface area contributed by atoms with Crippen LogP contribution in [-0.4, -0.2) is 16.5 Å². The topological polar surface area (TPSA) is 37.8 Å². The fourth-order valence-corrected chi connectivity index (χ4v) is 2.01. The molecule has 1 aromatic rings. The van der Waals surface area contributed by atoms with E-state index in [1.54, 1.807) is 6.33 Å². The zero-order valence-corrected chi connectivity index (χ0v) is 9.90. The van der Waals surface area contributed by atoms with Crippen molar-refractivity contribution in [3.8, 4) is 0 Å². The highest BCUT2D eigenvalue weighted by Gasteiger charge is 2.19. The van der Waals surface area contributed by atoms with Crippen LogP contribution in [0.2, 0.25) is 0 Å². The van der Waals surface area contributed by atoms with Crippen LogP contribution in [-0.2, 0) is 0 Å². The van der Waals surface area contributed by atoms with E-state index in [4.69, 9.17) is 0 Å². The molecule has 0 amide bonds. The molecule has 0 aliphatic carbocycles. The maximum Gasteiger partial charge on any atom is 0.115 e. The van der Waals surface area contributed by atoms with E-state index in [9.17, 15) is 0 Å². The first-order chi connectivity index (χ1) is 7.33. The van der Waals surface area contributed by atoms with Crippen molar-refractivity contribution in [3.63, 3.8) is 0 Å². The van der Waals surface area contributed by atoms with E-state index in [-0.39, 0.29) is 0 Å². The van der Waals surface area contributed by atoms with E-state index in [1.165, 1.54) is 18.4 Å². The van der Waals surface area contributed by atoms with Gasteiger partial charge in [0, 0.05) is 24.0 Å². The summed E-state index contributed by atoms with van der Waals surface area (Å²) >= 11 is 0. The van der Waals surface area contributed by atoms with E-state index in [0.717, 1.165) is 6.54 Å². The third kappa shape index (κ3) is 3.27. The lowest BCUT2D eigenvalue weighted by Gasteiger charge is -2.25. The Hall–Kier alpha value is -0.960. The lowest BCUT2D eigenvalue weighted by Crippen LogP contribution is -2.28. The molecular weight excluding hydrogens is 186 g/mol. The van der Waals surface area contributed by atoms with Gasteiger partial charge in [-0.15, -0.1) is 0 Å². The third-order valence-electron chi connectivity index (χ3n) is 2.88. The van der Waals surface area contributed by atoms with E-state index in [0.29, 0.717) is 12.0 Å². The molecule has 1 rings (SSSR count). The number of rotatable bonds is 6. The number of hydrogen-bond donors (Lipinski definition) is 1. The van der Waals surface area contributed by atoms with Crippen LogP contribution in [0, 0.1) is 5.92 Å². The summed E-state index contributed by atoms with van der Waals surface area (Å²) in [4.78, 5) is 8.18. The van der Waals surface area contributed by atoms with E-state index in [1.807, 2.05) is 12.4 Å². The molecule has 1 atom stereocenters. The van der Waals surface area contributed by atoms with Crippen molar-refractivity contribution in [1.82, 2.24) is 15.3 Å². The molecule has 1 N–H and O–H groups in total. The van der Waals surface area contributed by atoms with Crippen molar-refractivity contribution in [1.29, 1.82) is 0 Å². The van der Waals surface area contributed by atoms with Crippen LogP contribution < -0.4 is 5.32 Å². The van der Waals surface area contributed by atoms with Gasteiger partial charge in [0.05, 0.1) is 0 Å². The van der Waals surface area contributed by atoms with Crippen LogP contribution >= 0.6 is 0 Å². The molecule has 0 radical (unpaired) electrons. The Balaban J connectivity index is 2.81. The summed E-state index contributed by atoms with van der Waals surface area (Å²) in [6, 6.07) is 0.395. The van der Waals surface area contributed by atoms with E-state index < -0.39 is 0 Å². The minimum Gasteiger partial charge on any atom is -0.310 e. The number of hydrogen-bond acceptors (Lipinski definition) is 3. The number of nitrogens with zero attached hydrogens (tertiary/aromatic N) is 2. The molecule has 1 aromatic heterocycles. The van der Waals surface area contributed by atoms with Gasteiger partial charge in [-0.25, -0.2) is 9.97 Å². The summed E-state index contributed by atoms with van der Waals surface area (Å²) in [5.74, 6) is 0.663. The standard InChI is InChI=1S/C12H21N3/c1-4-10(5-2)12(15-6-3)11-7-13-9-14-8-11/h7-10,12,15H,4-6H2,1-3H3. The van der Waals surface area contributed by atoms with Gasteiger partial charge in [0.15, 0.2) is 0 Å². The van der Waals surface area contributed by atoms with Gasteiger partial charge in [0.25, 0.3) is 0 Å². The molecule has 0 fully saturated rings. The maximum absolute atomic E-state index is 4.09. The molecule has 15 heavy (non-hydrogen) atoms. The first-order valence-electron chi connectivity index (χ1n) is 5.81. The molecule has 0 spiro atoms. The molecule has 3 nitrogen and oxygen atoms in total. The van der Waals surface area contributed by atoms with Crippen molar-refractivity contribution in [3.05, 3.63) is 24.3 Å². The fraction of sp³-hybridized carbons (Fsp3) is 0.667. The van der Waals surface area contributed by atoms with Crippen molar-refractivity contribution < 1.29 is 0 Å². The van der Waals surface area contributed by atoms with Crippen LogP contribution in [0.4, 0.5) is 0 Å². The Morgan fingerprint density at radius 3 is 2.20 bits per heavy atom. The second kappa shape index (κ2) is 6.51. The fourth-order valence-electron chi connectivity index (χ4n) is 2.01. The van der Waals surface area contributed by atoms with Gasteiger partial charge in [-0.05, 0) is 12.5 Å². The summed E-state index contributed by atoms with van der Waals surface area (Å²) in [5.41, 5.74) is 1.20. The molecule has 3 heteroatoms. The Labute approximate surface area is 92.3 Å². The van der Waals surface area contributed by atoms with Gasteiger partial charge < -0.3 is 5.32 Å².